The van der Waals surface area contributed by atoms with Crippen molar-refractivity contribution in [2.75, 3.05) is 14.1 Å². The minimum Gasteiger partial charge on any atom is -0.301 e. The van der Waals surface area contributed by atoms with Gasteiger partial charge in [-0.1, -0.05) is 36.8 Å². The van der Waals surface area contributed by atoms with Crippen molar-refractivity contribution < 1.29 is 0 Å². The van der Waals surface area contributed by atoms with Crippen molar-refractivity contribution in [3.63, 3.8) is 0 Å². The normalized spacial score (nSPS) is 14.5. The van der Waals surface area contributed by atoms with E-state index in [4.69, 9.17) is 0 Å². The van der Waals surface area contributed by atoms with Crippen LogP contribution in [0.5, 0.6) is 0 Å². The molecule has 2 unspecified atom stereocenters. The molecule has 0 spiro atoms. The predicted molar refractivity (Wildman–Crippen MR) is 67.0 cm³/mol. The maximum Gasteiger partial charge on any atom is 0.0675 e. The Kier molecular flexibility index (Phi) is 4.52. The number of nitriles is 1. The van der Waals surface area contributed by atoms with Crippen LogP contribution in [0.2, 0.25) is 0 Å². The molecular weight excluding hydrogens is 196 g/mol. The molecule has 0 radical (unpaired) electrons. The minimum absolute atomic E-state index is 0.0526. The van der Waals surface area contributed by atoms with E-state index >= 15 is 0 Å². The first-order valence-corrected chi connectivity index (χ1v) is 5.72. The summed E-state index contributed by atoms with van der Waals surface area (Å²) >= 11 is 0. The molecular formula is C14H20N2. The Labute approximate surface area is 98.5 Å². The summed E-state index contributed by atoms with van der Waals surface area (Å²) in [5.74, 6) is 0.0526. The molecule has 0 amide bonds. The van der Waals surface area contributed by atoms with Gasteiger partial charge in [0.15, 0.2) is 0 Å². The number of aryl methyl sites for hydroxylation is 1. The second-order valence-electron chi connectivity index (χ2n) is 4.47. The molecule has 1 aromatic rings. The summed E-state index contributed by atoms with van der Waals surface area (Å²) in [6, 6.07) is 11.0. The fourth-order valence-electron chi connectivity index (χ4n) is 2.13. The number of hydrogen-bond acceptors (Lipinski definition) is 2. The van der Waals surface area contributed by atoms with Crippen LogP contribution >= 0.6 is 0 Å². The predicted octanol–water partition coefficient (Wildman–Crippen LogP) is 3.15. The van der Waals surface area contributed by atoms with Gasteiger partial charge in [0.05, 0.1) is 18.0 Å². The molecule has 0 heterocycles. The van der Waals surface area contributed by atoms with Gasteiger partial charge in [0.1, 0.15) is 0 Å². The van der Waals surface area contributed by atoms with Gasteiger partial charge in [0.2, 0.25) is 0 Å². The number of rotatable bonds is 4. The molecule has 0 fully saturated rings. The fraction of sp³-hybridized carbons (Fsp3) is 0.500. The Morgan fingerprint density at radius 3 is 2.50 bits per heavy atom. The third-order valence-corrected chi connectivity index (χ3v) is 2.93. The van der Waals surface area contributed by atoms with Crippen LogP contribution < -0.4 is 0 Å². The number of benzene rings is 1. The van der Waals surface area contributed by atoms with Gasteiger partial charge >= 0.3 is 0 Å². The van der Waals surface area contributed by atoms with Crippen LogP contribution in [0.25, 0.3) is 0 Å². The minimum atomic E-state index is 0.0526. The number of nitrogens with zero attached hydrogens (tertiary/aromatic N) is 2. The zero-order chi connectivity index (χ0) is 12.1. The maximum atomic E-state index is 9.20. The molecule has 2 heteroatoms. The average Bonchev–Trinajstić information content (AvgIpc) is 2.24. The van der Waals surface area contributed by atoms with E-state index in [2.05, 4.69) is 49.1 Å². The van der Waals surface area contributed by atoms with Crippen LogP contribution in [0.1, 0.15) is 30.5 Å². The van der Waals surface area contributed by atoms with Gasteiger partial charge in [-0.25, -0.2) is 0 Å². The molecule has 2 nitrogen and oxygen atoms in total. The van der Waals surface area contributed by atoms with E-state index in [9.17, 15) is 5.26 Å². The molecule has 0 saturated heterocycles. The smallest absolute Gasteiger partial charge is 0.0675 e. The standard InChI is InChI=1S/C14H20N2/c1-5-12(10-15)14(16(3)4)13-8-6-7-11(2)9-13/h6-9,12,14H,5H2,1-4H3. The maximum absolute atomic E-state index is 9.20. The van der Waals surface area contributed by atoms with Crippen molar-refractivity contribution >= 4 is 0 Å². The first-order valence-electron chi connectivity index (χ1n) is 5.72. The van der Waals surface area contributed by atoms with Gasteiger partial charge < -0.3 is 4.90 Å². The SMILES string of the molecule is CCC(C#N)C(c1cccc(C)c1)N(C)C. The highest BCUT2D eigenvalue weighted by Crippen LogP contribution is 2.29. The molecule has 16 heavy (non-hydrogen) atoms. The third kappa shape index (κ3) is 2.84. The lowest BCUT2D eigenvalue weighted by atomic mass is 9.90. The summed E-state index contributed by atoms with van der Waals surface area (Å²) < 4.78 is 0. The van der Waals surface area contributed by atoms with Gasteiger partial charge in [-0.2, -0.15) is 5.26 Å². The van der Waals surface area contributed by atoms with Gasteiger partial charge in [-0.3, -0.25) is 0 Å². The summed E-state index contributed by atoms with van der Waals surface area (Å²) in [4.78, 5) is 2.13. The average molecular weight is 216 g/mol. The van der Waals surface area contributed by atoms with Crippen LogP contribution in [-0.2, 0) is 0 Å². The lowest BCUT2D eigenvalue weighted by Gasteiger charge is -2.28. The summed E-state index contributed by atoms with van der Waals surface area (Å²) in [6.45, 7) is 4.16. The molecule has 1 aromatic carbocycles. The molecule has 0 N–H and O–H groups in total. The van der Waals surface area contributed by atoms with Crippen LogP contribution in [0.4, 0.5) is 0 Å². The highest BCUT2D eigenvalue weighted by atomic mass is 15.1. The first kappa shape index (κ1) is 12.7. The highest BCUT2D eigenvalue weighted by molar-refractivity contribution is 5.26. The fourth-order valence-corrected chi connectivity index (χ4v) is 2.13. The van der Waals surface area contributed by atoms with Crippen LogP contribution in [-0.4, -0.2) is 19.0 Å². The van der Waals surface area contributed by atoms with Crippen molar-refractivity contribution in [2.45, 2.75) is 26.3 Å². The largest absolute Gasteiger partial charge is 0.301 e. The van der Waals surface area contributed by atoms with Crippen LogP contribution in [0.15, 0.2) is 24.3 Å². The van der Waals surface area contributed by atoms with Crippen molar-refractivity contribution in [2.24, 2.45) is 5.92 Å². The summed E-state index contributed by atoms with van der Waals surface area (Å²) in [5.41, 5.74) is 2.48. The molecule has 0 aromatic heterocycles. The van der Waals surface area contributed by atoms with E-state index in [-0.39, 0.29) is 12.0 Å². The van der Waals surface area contributed by atoms with Gasteiger partial charge in [-0.15, -0.1) is 0 Å². The molecule has 0 bridgehead atoms. The summed E-state index contributed by atoms with van der Waals surface area (Å²) in [6.07, 6.45) is 0.882. The summed E-state index contributed by atoms with van der Waals surface area (Å²) in [5, 5.41) is 9.20. The first-order chi connectivity index (χ1) is 7.60. The van der Waals surface area contributed by atoms with Gasteiger partial charge in [0.25, 0.3) is 0 Å². The molecule has 86 valence electrons. The summed E-state index contributed by atoms with van der Waals surface area (Å²) in [7, 11) is 4.07. The Hall–Kier alpha value is -1.33. The van der Waals surface area contributed by atoms with Crippen LogP contribution in [0.3, 0.4) is 0 Å². The Morgan fingerprint density at radius 1 is 1.38 bits per heavy atom. The molecule has 0 saturated carbocycles. The number of hydrogen-bond donors (Lipinski definition) is 0. The monoisotopic (exact) mass is 216 g/mol. The zero-order valence-corrected chi connectivity index (χ0v) is 10.6. The van der Waals surface area contributed by atoms with Crippen molar-refractivity contribution in [3.05, 3.63) is 35.4 Å². The van der Waals surface area contributed by atoms with E-state index < -0.39 is 0 Å². The molecule has 0 aliphatic carbocycles. The lowest BCUT2D eigenvalue weighted by molar-refractivity contribution is 0.241. The van der Waals surface area contributed by atoms with E-state index in [1.807, 2.05) is 14.1 Å². The van der Waals surface area contributed by atoms with Crippen molar-refractivity contribution in [3.8, 4) is 6.07 Å². The van der Waals surface area contributed by atoms with Crippen molar-refractivity contribution in [1.82, 2.24) is 4.90 Å². The molecule has 0 aliphatic heterocycles. The van der Waals surface area contributed by atoms with Gasteiger partial charge in [-0.05, 0) is 33.0 Å². The topological polar surface area (TPSA) is 27.0 Å². The lowest BCUT2D eigenvalue weighted by Crippen LogP contribution is -2.26. The van der Waals surface area contributed by atoms with Crippen molar-refractivity contribution in [1.29, 1.82) is 5.26 Å². The quantitative estimate of drug-likeness (QED) is 0.773. The Morgan fingerprint density at radius 2 is 2.06 bits per heavy atom. The zero-order valence-electron chi connectivity index (χ0n) is 10.6. The molecule has 0 aliphatic rings. The molecule has 2 atom stereocenters. The van der Waals surface area contributed by atoms with E-state index in [1.165, 1.54) is 11.1 Å². The Balaban J connectivity index is 3.08. The van der Waals surface area contributed by atoms with Gasteiger partial charge in [0, 0.05) is 0 Å². The highest BCUT2D eigenvalue weighted by Gasteiger charge is 2.23. The second-order valence-corrected chi connectivity index (χ2v) is 4.47. The van der Waals surface area contributed by atoms with E-state index in [1.54, 1.807) is 0 Å². The Bertz CT molecular complexity index is 377. The second kappa shape index (κ2) is 5.67. The van der Waals surface area contributed by atoms with E-state index in [0.29, 0.717) is 0 Å². The molecule has 1 rings (SSSR count). The van der Waals surface area contributed by atoms with E-state index in [0.717, 1.165) is 6.42 Å². The van der Waals surface area contributed by atoms with Crippen LogP contribution in [0, 0.1) is 24.2 Å². The third-order valence-electron chi connectivity index (χ3n) is 2.93.